The van der Waals surface area contributed by atoms with E-state index in [1.54, 1.807) is 6.07 Å². The van der Waals surface area contributed by atoms with Crippen LogP contribution in [0.3, 0.4) is 0 Å². The Morgan fingerprint density at radius 2 is 1.46 bits per heavy atom. The topological polar surface area (TPSA) is 94.5 Å². The summed E-state index contributed by atoms with van der Waals surface area (Å²) in [5.41, 5.74) is 7.02. The first-order valence-corrected chi connectivity index (χ1v) is 12.7. The number of benzene rings is 4. The lowest BCUT2D eigenvalue weighted by atomic mass is 9.88. The summed E-state index contributed by atoms with van der Waals surface area (Å²) in [5.74, 6) is 0.759. The average Bonchev–Trinajstić information content (AvgIpc) is 3.47. The van der Waals surface area contributed by atoms with Crippen molar-refractivity contribution in [2.45, 2.75) is 13.3 Å². The van der Waals surface area contributed by atoms with Crippen LogP contribution in [0, 0.1) is 10.1 Å². The minimum absolute atomic E-state index is 0.130. The van der Waals surface area contributed by atoms with Gasteiger partial charge in [0.2, 0.25) is 5.52 Å². The SMILES string of the molecule is CCC(=C(c1ccccc1)c1ccc(OCCN(C)c2ccc([N+](=O)[O-])c3nonc23)cc1)c1ccccc1. The van der Waals surface area contributed by atoms with Gasteiger partial charge in [0.1, 0.15) is 12.4 Å². The summed E-state index contributed by atoms with van der Waals surface area (Å²) in [6.45, 7) is 3.13. The van der Waals surface area contributed by atoms with Gasteiger partial charge >= 0.3 is 5.69 Å². The first-order chi connectivity index (χ1) is 19.1. The maximum Gasteiger partial charge on any atom is 0.300 e. The predicted molar refractivity (Wildman–Crippen MR) is 153 cm³/mol. The largest absolute Gasteiger partial charge is 0.492 e. The molecule has 4 aromatic carbocycles. The van der Waals surface area contributed by atoms with Crippen LogP contribution < -0.4 is 9.64 Å². The lowest BCUT2D eigenvalue weighted by Gasteiger charge is -2.19. The third-order valence-corrected chi connectivity index (χ3v) is 6.66. The van der Waals surface area contributed by atoms with Crippen molar-refractivity contribution >= 4 is 33.6 Å². The van der Waals surface area contributed by atoms with Gasteiger partial charge in [-0.1, -0.05) is 79.7 Å². The van der Waals surface area contributed by atoms with Gasteiger partial charge in [0.25, 0.3) is 0 Å². The van der Waals surface area contributed by atoms with Crippen molar-refractivity contribution < 1.29 is 14.3 Å². The number of hydrogen-bond donors (Lipinski definition) is 0. The first kappa shape index (κ1) is 25.7. The molecule has 5 rings (SSSR count). The Labute approximate surface area is 226 Å². The number of allylic oxidation sites excluding steroid dienone is 1. The van der Waals surface area contributed by atoms with Crippen LogP contribution in [0.4, 0.5) is 11.4 Å². The molecule has 196 valence electrons. The standard InChI is InChI=1S/C31H28N4O4/c1-3-26(22-10-6-4-7-11-22)29(23-12-8-5-9-13-23)24-14-16-25(17-15-24)38-21-20-34(2)27-18-19-28(35(36)37)31-30(27)32-39-33-31/h4-19H,3,20-21H2,1-2H3. The molecule has 8 nitrogen and oxygen atoms in total. The van der Waals surface area contributed by atoms with Crippen molar-refractivity contribution in [1.82, 2.24) is 10.3 Å². The van der Waals surface area contributed by atoms with E-state index in [-0.39, 0.29) is 11.2 Å². The molecule has 5 aromatic rings. The monoisotopic (exact) mass is 520 g/mol. The van der Waals surface area contributed by atoms with Gasteiger partial charge < -0.3 is 9.64 Å². The molecule has 0 aliphatic carbocycles. The van der Waals surface area contributed by atoms with Crippen molar-refractivity contribution in [3.8, 4) is 5.75 Å². The average molecular weight is 521 g/mol. The molecule has 0 aliphatic heterocycles. The Bertz CT molecular complexity index is 1600. The van der Waals surface area contributed by atoms with E-state index in [2.05, 4.69) is 77.9 Å². The second-order valence-electron chi connectivity index (χ2n) is 9.06. The Balaban J connectivity index is 1.33. The number of non-ortho nitro benzene ring substituents is 1. The molecule has 0 aliphatic rings. The molecule has 39 heavy (non-hydrogen) atoms. The van der Waals surface area contributed by atoms with Crippen LogP contribution >= 0.6 is 0 Å². The molecule has 8 heteroatoms. The van der Waals surface area contributed by atoms with Crippen LogP contribution in [-0.4, -0.2) is 35.4 Å². The van der Waals surface area contributed by atoms with Gasteiger partial charge in [-0.3, -0.25) is 10.1 Å². The highest BCUT2D eigenvalue weighted by Gasteiger charge is 2.21. The molecule has 0 bridgehead atoms. The Hall–Kier alpha value is -4.98. The zero-order chi connectivity index (χ0) is 27.2. The van der Waals surface area contributed by atoms with Crippen molar-refractivity contribution in [2.24, 2.45) is 0 Å². The zero-order valence-electron chi connectivity index (χ0n) is 21.8. The molecule has 0 saturated carbocycles. The maximum absolute atomic E-state index is 11.3. The van der Waals surface area contributed by atoms with Gasteiger partial charge in [0.05, 0.1) is 17.2 Å². The van der Waals surface area contributed by atoms with Crippen LogP contribution in [0.5, 0.6) is 5.75 Å². The quantitative estimate of drug-likeness (QED) is 0.111. The summed E-state index contributed by atoms with van der Waals surface area (Å²) in [6, 6.07) is 32.2. The summed E-state index contributed by atoms with van der Waals surface area (Å²) in [4.78, 5) is 12.7. The summed E-state index contributed by atoms with van der Waals surface area (Å²) in [5, 5.41) is 18.8. The minimum atomic E-state index is -0.495. The molecular weight excluding hydrogens is 492 g/mol. The number of nitro groups is 1. The molecule has 0 saturated heterocycles. The number of likely N-dealkylation sites (N-methyl/N-ethyl adjacent to an activating group) is 1. The van der Waals surface area contributed by atoms with Gasteiger partial charge in [0.15, 0.2) is 5.52 Å². The Morgan fingerprint density at radius 1 is 0.846 bits per heavy atom. The maximum atomic E-state index is 11.3. The van der Waals surface area contributed by atoms with E-state index in [1.807, 2.05) is 36.2 Å². The predicted octanol–water partition coefficient (Wildman–Crippen LogP) is 7.02. The molecule has 0 atom stereocenters. The Morgan fingerprint density at radius 3 is 2.10 bits per heavy atom. The molecule has 1 heterocycles. The van der Waals surface area contributed by atoms with Gasteiger partial charge in [-0.15, -0.1) is 0 Å². The molecular formula is C31H28N4O4. The van der Waals surface area contributed by atoms with Crippen LogP contribution in [0.1, 0.15) is 30.0 Å². The number of ether oxygens (including phenoxy) is 1. The molecule has 0 unspecified atom stereocenters. The summed E-state index contributed by atoms with van der Waals surface area (Å²) < 4.78 is 10.8. The fourth-order valence-electron chi connectivity index (χ4n) is 4.72. The van der Waals surface area contributed by atoms with E-state index < -0.39 is 4.92 Å². The molecule has 0 spiro atoms. The fraction of sp³-hybridized carbons (Fsp3) is 0.161. The number of fused-ring (bicyclic) bond motifs is 1. The number of rotatable bonds is 10. The van der Waals surface area contributed by atoms with Crippen molar-refractivity contribution in [3.05, 3.63) is 124 Å². The van der Waals surface area contributed by atoms with Gasteiger partial charge in [-0.2, -0.15) is 0 Å². The fourth-order valence-corrected chi connectivity index (χ4v) is 4.72. The van der Waals surface area contributed by atoms with Crippen LogP contribution in [0.15, 0.2) is 102 Å². The lowest BCUT2D eigenvalue weighted by molar-refractivity contribution is -0.383. The normalized spacial score (nSPS) is 11.7. The first-order valence-electron chi connectivity index (χ1n) is 12.7. The van der Waals surface area contributed by atoms with Gasteiger partial charge in [-0.25, -0.2) is 4.63 Å². The third-order valence-electron chi connectivity index (χ3n) is 6.66. The van der Waals surface area contributed by atoms with Crippen molar-refractivity contribution in [1.29, 1.82) is 0 Å². The van der Waals surface area contributed by atoms with Crippen molar-refractivity contribution in [2.75, 3.05) is 25.1 Å². The second kappa shape index (κ2) is 11.6. The summed E-state index contributed by atoms with van der Waals surface area (Å²) in [6.07, 6.45) is 0.899. The molecule has 0 fully saturated rings. The van der Waals surface area contributed by atoms with Gasteiger partial charge in [0, 0.05) is 13.1 Å². The number of anilines is 1. The highest BCUT2D eigenvalue weighted by Crippen LogP contribution is 2.35. The van der Waals surface area contributed by atoms with E-state index in [4.69, 9.17) is 9.37 Å². The summed E-state index contributed by atoms with van der Waals surface area (Å²) in [7, 11) is 1.87. The van der Waals surface area contributed by atoms with E-state index in [9.17, 15) is 10.1 Å². The zero-order valence-corrected chi connectivity index (χ0v) is 21.8. The van der Waals surface area contributed by atoms with Crippen LogP contribution in [0.25, 0.3) is 22.2 Å². The van der Waals surface area contributed by atoms with Crippen LogP contribution in [-0.2, 0) is 0 Å². The van der Waals surface area contributed by atoms with E-state index in [1.165, 1.54) is 28.3 Å². The highest BCUT2D eigenvalue weighted by molar-refractivity contribution is 5.98. The third kappa shape index (κ3) is 5.50. The Kier molecular flexibility index (Phi) is 7.63. The smallest absolute Gasteiger partial charge is 0.300 e. The molecule has 0 amide bonds. The van der Waals surface area contributed by atoms with Crippen LogP contribution in [0.2, 0.25) is 0 Å². The van der Waals surface area contributed by atoms with E-state index in [0.29, 0.717) is 24.4 Å². The number of aromatic nitrogens is 2. The molecule has 1 aromatic heterocycles. The summed E-state index contributed by atoms with van der Waals surface area (Å²) >= 11 is 0. The molecule has 0 radical (unpaired) electrons. The van der Waals surface area contributed by atoms with Gasteiger partial charge in [-0.05, 0) is 62.8 Å². The second-order valence-corrected chi connectivity index (χ2v) is 9.06. The number of hydrogen-bond acceptors (Lipinski definition) is 7. The molecule has 0 N–H and O–H groups in total. The van der Waals surface area contributed by atoms with Crippen molar-refractivity contribution in [3.63, 3.8) is 0 Å². The number of nitrogens with zero attached hydrogens (tertiary/aromatic N) is 4. The van der Waals surface area contributed by atoms with E-state index in [0.717, 1.165) is 17.7 Å². The van der Waals surface area contributed by atoms with E-state index >= 15 is 0 Å². The highest BCUT2D eigenvalue weighted by atomic mass is 16.6. The minimum Gasteiger partial charge on any atom is -0.492 e. The number of nitro benzene ring substituents is 1. The lowest BCUT2D eigenvalue weighted by Crippen LogP contribution is -2.24.